The Labute approximate surface area is 216 Å². The summed E-state index contributed by atoms with van der Waals surface area (Å²) in [4.78, 5) is 22.1. The summed E-state index contributed by atoms with van der Waals surface area (Å²) in [5.74, 6) is -2.42. The smallest absolute Gasteiger partial charge is 0.410 e. The summed E-state index contributed by atoms with van der Waals surface area (Å²) in [7, 11) is -2.70. The molecule has 0 radical (unpaired) electrons. The van der Waals surface area contributed by atoms with E-state index in [-0.39, 0.29) is 48.2 Å². The first-order valence-corrected chi connectivity index (χ1v) is 12.0. The van der Waals surface area contributed by atoms with Crippen LogP contribution in [0, 0.1) is 11.6 Å². The highest BCUT2D eigenvalue weighted by Gasteiger charge is 2.35. The molecular weight excluding hydrogens is 489 g/mol. The molecule has 1 N–H and O–H groups in total. The van der Waals surface area contributed by atoms with Crippen molar-refractivity contribution in [2.75, 3.05) is 25.4 Å². The number of alkyl halides is 1. The molecule has 0 bridgehead atoms. The van der Waals surface area contributed by atoms with Gasteiger partial charge in [0.25, 0.3) is 0 Å². The van der Waals surface area contributed by atoms with Crippen LogP contribution in [0.5, 0.6) is 5.75 Å². The molecule has 4 heterocycles. The van der Waals surface area contributed by atoms with Gasteiger partial charge in [-0.05, 0) is 40.0 Å². The second kappa shape index (κ2) is 9.38. The molecule has 0 aromatic carbocycles. The van der Waals surface area contributed by atoms with E-state index in [4.69, 9.17) is 13.6 Å². The number of carbonyl (C=O) groups excluding carboxylic acids is 1. The Morgan fingerprint density at radius 1 is 1.22 bits per heavy atom. The van der Waals surface area contributed by atoms with Crippen molar-refractivity contribution < 1.29 is 31.6 Å². The molecule has 3 aromatic heterocycles. The number of likely N-dealkylation sites (tertiary alicyclic amines) is 1. The number of amides is 1. The Bertz CT molecular complexity index is 1440. The van der Waals surface area contributed by atoms with E-state index in [1.807, 2.05) is 0 Å². The maximum absolute atomic E-state index is 15.0. The van der Waals surface area contributed by atoms with Crippen molar-refractivity contribution in [2.24, 2.45) is 0 Å². The number of pyridine rings is 1. The third-order valence-electron chi connectivity index (χ3n) is 6.23. The molecule has 12 heteroatoms. The van der Waals surface area contributed by atoms with E-state index in [0.717, 1.165) is 12.8 Å². The van der Waals surface area contributed by atoms with Gasteiger partial charge >= 0.3 is 6.09 Å². The maximum Gasteiger partial charge on any atom is 0.410 e. The number of nitrogens with one attached hydrogen (secondary N) is 1. The van der Waals surface area contributed by atoms with Gasteiger partial charge in [0.05, 0.1) is 23.4 Å². The number of carbonyl (C=O) groups is 1. The molecule has 0 spiro atoms. The number of fused-ring (bicyclic) bond motifs is 1. The maximum atomic E-state index is 15.0. The van der Waals surface area contributed by atoms with E-state index in [9.17, 15) is 13.6 Å². The minimum Gasteiger partial charge on any atom is -0.495 e. The first kappa shape index (κ1) is 21.5. The van der Waals surface area contributed by atoms with Crippen LogP contribution in [0.2, 0.25) is 0 Å². The van der Waals surface area contributed by atoms with Gasteiger partial charge in [0.1, 0.15) is 34.6 Å². The first-order chi connectivity index (χ1) is 18.7. The summed E-state index contributed by atoms with van der Waals surface area (Å²) >= 11 is 0. The largest absolute Gasteiger partial charge is 0.495 e. The van der Waals surface area contributed by atoms with Crippen LogP contribution in [-0.2, 0) is 4.74 Å². The predicted octanol–water partition coefficient (Wildman–Crippen LogP) is 4.71. The topological polar surface area (TPSA) is 93.9 Å². The molecule has 2 aliphatic rings. The Morgan fingerprint density at radius 2 is 2.00 bits per heavy atom. The summed E-state index contributed by atoms with van der Waals surface area (Å²) in [5, 5.41) is 7.17. The molecule has 9 nitrogen and oxygen atoms in total. The highest BCUT2D eigenvalue weighted by molar-refractivity contribution is 5.68. The van der Waals surface area contributed by atoms with Gasteiger partial charge in [-0.1, -0.05) is 0 Å². The summed E-state index contributed by atoms with van der Waals surface area (Å²) in [5.41, 5.74) is -0.414. The molecule has 1 saturated carbocycles. The second-order valence-electron chi connectivity index (χ2n) is 10.3. The zero-order valence-corrected chi connectivity index (χ0v) is 20.6. The van der Waals surface area contributed by atoms with Gasteiger partial charge in [0.2, 0.25) is 0 Å². The van der Waals surface area contributed by atoms with Crippen LogP contribution in [0.1, 0.15) is 55.8 Å². The van der Waals surface area contributed by atoms with Crippen molar-refractivity contribution in [2.45, 2.75) is 63.8 Å². The lowest BCUT2D eigenvalue weighted by molar-refractivity contribution is 0.0150. The normalized spacial score (nSPS) is 21.8. The van der Waals surface area contributed by atoms with Crippen LogP contribution in [0.3, 0.4) is 0 Å². The number of hydrogen-bond acceptors (Lipinski definition) is 7. The number of imidazole rings is 1. The summed E-state index contributed by atoms with van der Waals surface area (Å²) in [6.07, 6.45) is 0.780. The molecule has 1 saturated heterocycles. The van der Waals surface area contributed by atoms with Crippen molar-refractivity contribution in [3.8, 4) is 17.1 Å². The SMILES string of the molecule is [2H]C([2H])([2H])Oc1cc2ncc(-c3nc(N[C@H]4CN(C(=O)OC(C)(C)C)CC[C@@H]4F)c(F)cc3F)n2nc1C1CC1. The molecule has 3 aromatic rings. The van der Waals surface area contributed by atoms with E-state index in [0.29, 0.717) is 11.8 Å². The Morgan fingerprint density at radius 3 is 2.70 bits per heavy atom. The quantitative estimate of drug-likeness (QED) is 0.520. The Kier molecular flexibility index (Phi) is 5.45. The second-order valence-corrected chi connectivity index (χ2v) is 10.3. The minimum atomic E-state index is -2.70. The first-order valence-electron chi connectivity index (χ1n) is 13.5. The van der Waals surface area contributed by atoms with Crippen LogP contribution in [0.15, 0.2) is 18.3 Å². The van der Waals surface area contributed by atoms with Gasteiger partial charge in [-0.25, -0.2) is 32.4 Å². The van der Waals surface area contributed by atoms with Crippen LogP contribution >= 0.6 is 0 Å². The highest BCUT2D eigenvalue weighted by atomic mass is 19.1. The van der Waals surface area contributed by atoms with Gasteiger partial charge in [-0.2, -0.15) is 5.10 Å². The van der Waals surface area contributed by atoms with Crippen LogP contribution in [-0.4, -0.2) is 68.5 Å². The number of rotatable bonds is 5. The van der Waals surface area contributed by atoms with E-state index >= 15 is 4.39 Å². The fourth-order valence-electron chi connectivity index (χ4n) is 4.27. The Balaban J connectivity index is 1.45. The zero-order chi connectivity index (χ0) is 29.0. The van der Waals surface area contributed by atoms with Crippen molar-refractivity contribution in [1.29, 1.82) is 0 Å². The van der Waals surface area contributed by atoms with Gasteiger partial charge in [0.15, 0.2) is 23.1 Å². The predicted molar refractivity (Wildman–Crippen MR) is 129 cm³/mol. The van der Waals surface area contributed by atoms with Gasteiger partial charge in [-0.3, -0.25) is 0 Å². The summed E-state index contributed by atoms with van der Waals surface area (Å²) in [6, 6.07) is 1.00. The molecule has 2 fully saturated rings. The standard InChI is InChI=1S/C25H29F3N6O3/c1-25(2,3)37-24(35)33-8-7-14(26)17(12-33)30-23-16(28)9-15(27)22(31-23)18-11-29-20-10-19(36-4)21(13-5-6-13)32-34(18)20/h9-11,13-14,17H,5-8,12H2,1-4H3,(H,30,31)/t14-,17-/m0/s1/i4D3. The number of nitrogens with zero attached hydrogens (tertiary/aromatic N) is 5. The third kappa shape index (κ3) is 5.14. The summed E-state index contributed by atoms with van der Waals surface area (Å²) < 4.78 is 78.8. The van der Waals surface area contributed by atoms with Crippen LogP contribution in [0.25, 0.3) is 17.0 Å². The molecular formula is C25H29F3N6O3. The molecule has 5 rings (SSSR count). The number of aromatic nitrogens is 4. The van der Waals surface area contributed by atoms with Crippen LogP contribution < -0.4 is 10.1 Å². The lowest BCUT2D eigenvalue weighted by Gasteiger charge is -2.36. The average molecular weight is 522 g/mol. The van der Waals surface area contributed by atoms with Crippen molar-refractivity contribution in [3.05, 3.63) is 35.7 Å². The van der Waals surface area contributed by atoms with E-state index in [1.165, 1.54) is 21.7 Å². The molecule has 1 aliphatic carbocycles. The minimum absolute atomic E-state index is 0.00560. The average Bonchev–Trinajstić information content (AvgIpc) is 3.59. The fraction of sp³-hybridized carbons (Fsp3) is 0.520. The van der Waals surface area contributed by atoms with Gasteiger partial charge < -0.3 is 19.7 Å². The number of ether oxygens (including phenoxy) is 2. The van der Waals surface area contributed by atoms with E-state index in [1.54, 1.807) is 20.8 Å². The number of halogens is 3. The number of piperidine rings is 1. The lowest BCUT2D eigenvalue weighted by Crippen LogP contribution is -2.52. The summed E-state index contributed by atoms with van der Waals surface area (Å²) in [6.45, 7) is 5.16. The molecule has 1 aliphatic heterocycles. The molecule has 1 amide bonds. The zero-order valence-electron chi connectivity index (χ0n) is 23.6. The molecule has 198 valence electrons. The van der Waals surface area contributed by atoms with E-state index in [2.05, 4.69) is 20.4 Å². The van der Waals surface area contributed by atoms with Crippen LogP contribution in [0.4, 0.5) is 23.8 Å². The molecule has 0 unspecified atom stereocenters. The molecule has 2 atom stereocenters. The number of anilines is 1. The lowest BCUT2D eigenvalue weighted by atomic mass is 10.0. The van der Waals surface area contributed by atoms with E-state index < -0.39 is 48.4 Å². The fourth-order valence-corrected chi connectivity index (χ4v) is 4.27. The Hall–Kier alpha value is -3.57. The van der Waals surface area contributed by atoms with Crippen molar-refractivity contribution in [1.82, 2.24) is 24.5 Å². The van der Waals surface area contributed by atoms with Gasteiger partial charge in [-0.15, -0.1) is 0 Å². The third-order valence-corrected chi connectivity index (χ3v) is 6.23. The highest BCUT2D eigenvalue weighted by Crippen LogP contribution is 2.43. The monoisotopic (exact) mass is 521 g/mol. The van der Waals surface area contributed by atoms with Crippen molar-refractivity contribution >= 4 is 17.6 Å². The van der Waals surface area contributed by atoms with Crippen molar-refractivity contribution in [3.63, 3.8) is 0 Å². The number of methoxy groups -OCH3 is 1. The number of hydrogen-bond donors (Lipinski definition) is 1. The van der Waals surface area contributed by atoms with Gasteiger partial charge in [0, 0.05) is 31.1 Å². The molecule has 37 heavy (non-hydrogen) atoms.